The minimum atomic E-state index is -0.250. The van der Waals surface area contributed by atoms with Crippen molar-refractivity contribution in [3.8, 4) is 0 Å². The molecular weight excluding hydrogens is 421 g/mol. The number of allylic oxidation sites excluding steroid dienone is 4. The van der Waals surface area contributed by atoms with E-state index < -0.39 is 0 Å². The predicted molar refractivity (Wildman–Crippen MR) is 121 cm³/mol. The van der Waals surface area contributed by atoms with Crippen LogP contribution >= 0.6 is 0 Å². The third-order valence-corrected chi connectivity index (χ3v) is 4.59. The Hall–Kier alpha value is -3.47. The molecule has 1 aromatic rings. The van der Waals surface area contributed by atoms with Crippen LogP contribution in [-0.2, 0) is 16.0 Å². The van der Waals surface area contributed by atoms with E-state index in [4.69, 9.17) is 24.6 Å². The molecule has 0 aliphatic carbocycles. The summed E-state index contributed by atoms with van der Waals surface area (Å²) in [6.07, 6.45) is 6.64. The third-order valence-electron chi connectivity index (χ3n) is 4.59. The molecule has 2 aliphatic rings. The van der Waals surface area contributed by atoms with Gasteiger partial charge in [0.25, 0.3) is 6.47 Å². The number of morpholine rings is 1. The van der Waals surface area contributed by atoms with Gasteiger partial charge in [-0.25, -0.2) is 9.78 Å². The predicted octanol–water partition coefficient (Wildman–Crippen LogP) is 2.29. The number of anilines is 2. The zero-order valence-electron chi connectivity index (χ0n) is 18.2. The number of carbonyl (C=O) groups is 2. The van der Waals surface area contributed by atoms with E-state index in [1.165, 1.54) is 0 Å². The topological polar surface area (TPSA) is 128 Å². The summed E-state index contributed by atoms with van der Waals surface area (Å²) < 4.78 is 5.43. The van der Waals surface area contributed by atoms with Crippen LogP contribution in [0.25, 0.3) is 5.57 Å². The summed E-state index contributed by atoms with van der Waals surface area (Å²) in [5.41, 5.74) is 2.32. The second kappa shape index (κ2) is 13.1. The molecule has 1 fully saturated rings. The van der Waals surface area contributed by atoms with Crippen molar-refractivity contribution in [3.63, 3.8) is 0 Å². The number of nitrogens with zero attached hydrogens (tertiary/aromatic N) is 4. The number of fused-ring (bicyclic) bond motifs is 1. The highest BCUT2D eigenvalue weighted by molar-refractivity contribution is 5.94. The summed E-state index contributed by atoms with van der Waals surface area (Å²) in [6, 6.07) is -0.136. The van der Waals surface area contributed by atoms with Crippen LogP contribution in [0.15, 0.2) is 31.1 Å². The van der Waals surface area contributed by atoms with Crippen LogP contribution in [0.1, 0.15) is 25.1 Å². The second-order valence-electron chi connectivity index (χ2n) is 7.06. The Morgan fingerprint density at radius 2 is 1.88 bits per heavy atom. The van der Waals surface area contributed by atoms with Crippen LogP contribution < -0.4 is 15.1 Å². The molecule has 0 aromatic carbocycles. The lowest BCUT2D eigenvalue weighted by molar-refractivity contribution is -0.122. The van der Waals surface area contributed by atoms with Crippen molar-refractivity contribution in [1.29, 1.82) is 0 Å². The van der Waals surface area contributed by atoms with Crippen LogP contribution in [-0.4, -0.2) is 71.6 Å². The van der Waals surface area contributed by atoms with Crippen LogP contribution in [0.5, 0.6) is 0 Å². The summed E-state index contributed by atoms with van der Waals surface area (Å²) in [4.78, 5) is 34.3. The maximum Gasteiger partial charge on any atom is 0.323 e. The van der Waals surface area contributed by atoms with Crippen LogP contribution in [0.3, 0.4) is 0 Å². The number of carbonyl (C=O) groups excluding carboxylic acids is 1. The van der Waals surface area contributed by atoms with Crippen molar-refractivity contribution in [2.24, 2.45) is 0 Å². The highest BCUT2D eigenvalue weighted by atomic mass is 19.0. The highest BCUT2D eigenvalue weighted by Crippen LogP contribution is 2.34. The maximum absolute atomic E-state index is 12.7. The number of urea groups is 1. The lowest BCUT2D eigenvalue weighted by Gasteiger charge is -2.28. The van der Waals surface area contributed by atoms with E-state index in [1.54, 1.807) is 23.1 Å². The molecule has 11 heteroatoms. The van der Waals surface area contributed by atoms with Crippen LogP contribution in [0.4, 0.5) is 21.3 Å². The van der Waals surface area contributed by atoms with Crippen molar-refractivity contribution in [2.75, 3.05) is 42.6 Å². The SMILES string of the molecule is C=C/C=C(\C=C\O)c1nc(N2CCOCC2)nc2c1CCN2C(=O)NC(C)C.F.O=CO. The molecule has 0 spiro atoms. The van der Waals surface area contributed by atoms with Gasteiger partial charge in [-0.15, -0.1) is 0 Å². The molecule has 1 saturated heterocycles. The standard InChI is InChI=1S/C20H27N5O3.CH2O2.FH/c1-4-5-15(7-11-26)17-16-6-8-25(20(27)21-14(2)3)18(16)23-19(22-17)24-9-12-28-13-10-24;2-1-3;/h4-5,7,11,14,26H,1,6,8-10,12-13H2,2-3H3,(H,21,27);1H,(H,2,3);1H/b11-7+,15-5+;;. The number of aliphatic hydroxyl groups excluding tert-OH is 1. The molecule has 0 atom stereocenters. The van der Waals surface area contributed by atoms with Crippen LogP contribution in [0, 0.1) is 0 Å². The zero-order chi connectivity index (χ0) is 22.8. The van der Waals surface area contributed by atoms with Gasteiger partial charge in [0.1, 0.15) is 5.82 Å². The van der Waals surface area contributed by atoms with Crippen molar-refractivity contribution in [2.45, 2.75) is 26.3 Å². The molecule has 3 N–H and O–H groups in total. The quantitative estimate of drug-likeness (QED) is 0.353. The summed E-state index contributed by atoms with van der Waals surface area (Å²) in [7, 11) is 0. The van der Waals surface area contributed by atoms with Gasteiger partial charge in [-0.2, -0.15) is 4.98 Å². The van der Waals surface area contributed by atoms with E-state index in [9.17, 15) is 9.90 Å². The van der Waals surface area contributed by atoms with E-state index in [2.05, 4.69) is 16.8 Å². The normalized spacial score (nSPS) is 15.5. The van der Waals surface area contributed by atoms with E-state index in [0.717, 1.165) is 17.4 Å². The Morgan fingerprint density at radius 1 is 1.22 bits per heavy atom. The summed E-state index contributed by atoms with van der Waals surface area (Å²) in [5, 5.41) is 19.2. The smallest absolute Gasteiger partial charge is 0.323 e. The lowest BCUT2D eigenvalue weighted by atomic mass is 10.1. The van der Waals surface area contributed by atoms with Gasteiger partial charge in [0.15, 0.2) is 0 Å². The minimum Gasteiger partial charge on any atom is -0.516 e. The number of aromatic nitrogens is 2. The molecule has 0 unspecified atom stereocenters. The molecule has 2 amide bonds. The fourth-order valence-electron chi connectivity index (χ4n) is 3.33. The molecule has 10 nitrogen and oxygen atoms in total. The number of carboxylic acid groups (broad SMARTS) is 1. The number of ether oxygens (including phenoxy) is 1. The van der Waals surface area contributed by atoms with Gasteiger partial charge in [-0.05, 0) is 26.3 Å². The largest absolute Gasteiger partial charge is 0.516 e. The third kappa shape index (κ3) is 6.51. The average Bonchev–Trinajstić information content (AvgIpc) is 3.18. The molecule has 0 radical (unpaired) electrons. The molecule has 32 heavy (non-hydrogen) atoms. The van der Waals surface area contributed by atoms with E-state index in [1.807, 2.05) is 13.8 Å². The Kier molecular flexibility index (Phi) is 10.8. The molecule has 3 rings (SSSR count). The van der Waals surface area contributed by atoms with Gasteiger partial charge in [0.2, 0.25) is 5.95 Å². The fraction of sp³-hybridized carbons (Fsp3) is 0.429. The first-order valence-corrected chi connectivity index (χ1v) is 10.00. The summed E-state index contributed by atoms with van der Waals surface area (Å²) >= 11 is 0. The van der Waals surface area contributed by atoms with Crippen LogP contribution in [0.2, 0.25) is 0 Å². The molecule has 0 bridgehead atoms. The molecule has 1 aromatic heterocycles. The van der Waals surface area contributed by atoms with Gasteiger partial charge >= 0.3 is 6.03 Å². The fourth-order valence-corrected chi connectivity index (χ4v) is 3.33. The second-order valence-corrected chi connectivity index (χ2v) is 7.06. The van der Waals surface area contributed by atoms with Crippen molar-refractivity contribution >= 4 is 29.8 Å². The maximum atomic E-state index is 12.7. The molecular formula is C21H30FN5O5. The van der Waals surface area contributed by atoms with Gasteiger partial charge < -0.3 is 25.2 Å². The number of amides is 2. The number of rotatable bonds is 5. The Labute approximate surface area is 186 Å². The van der Waals surface area contributed by atoms with Gasteiger partial charge in [0, 0.05) is 36.8 Å². The molecule has 0 saturated carbocycles. The van der Waals surface area contributed by atoms with Gasteiger partial charge in [0.05, 0.1) is 25.2 Å². The first-order valence-electron chi connectivity index (χ1n) is 10.00. The van der Waals surface area contributed by atoms with Crippen molar-refractivity contribution in [3.05, 3.63) is 42.3 Å². The number of hydrogen-bond acceptors (Lipinski definition) is 7. The zero-order valence-corrected chi connectivity index (χ0v) is 18.2. The molecule has 2 aliphatic heterocycles. The number of halogens is 1. The number of hydrogen-bond donors (Lipinski definition) is 3. The monoisotopic (exact) mass is 451 g/mol. The Bertz CT molecular complexity index is 853. The van der Waals surface area contributed by atoms with Crippen molar-refractivity contribution in [1.82, 2.24) is 15.3 Å². The lowest BCUT2D eigenvalue weighted by Crippen LogP contribution is -2.43. The van der Waals surface area contributed by atoms with E-state index >= 15 is 0 Å². The highest BCUT2D eigenvalue weighted by Gasteiger charge is 2.32. The number of nitrogens with one attached hydrogen (secondary N) is 1. The van der Waals surface area contributed by atoms with E-state index in [0.29, 0.717) is 56.7 Å². The molecule has 176 valence electrons. The Morgan fingerprint density at radius 3 is 2.44 bits per heavy atom. The van der Waals surface area contributed by atoms with E-state index in [-0.39, 0.29) is 23.2 Å². The first kappa shape index (κ1) is 26.6. The minimum absolute atomic E-state index is 0. The summed E-state index contributed by atoms with van der Waals surface area (Å²) in [6.45, 7) is 10.5. The Balaban J connectivity index is 0.00000121. The van der Waals surface area contributed by atoms with Gasteiger partial charge in [-0.3, -0.25) is 14.4 Å². The average molecular weight is 451 g/mol. The van der Waals surface area contributed by atoms with Crippen molar-refractivity contribution < 1.29 is 29.2 Å². The molecule has 3 heterocycles. The first-order chi connectivity index (χ1) is 15.0. The number of aliphatic hydroxyl groups is 1. The van der Waals surface area contributed by atoms with Gasteiger partial charge in [-0.1, -0.05) is 18.7 Å². The summed E-state index contributed by atoms with van der Waals surface area (Å²) in [5.74, 6) is 1.17.